The molecule has 3 aromatic heterocycles. The van der Waals surface area contributed by atoms with Crippen molar-refractivity contribution >= 4 is 27.7 Å². The number of likely N-dealkylation sites (tertiary alicyclic amines) is 1. The molecular weight excluding hydrogens is 399 g/mol. The van der Waals surface area contributed by atoms with Gasteiger partial charge >= 0.3 is 0 Å². The third-order valence-corrected chi connectivity index (χ3v) is 5.83. The van der Waals surface area contributed by atoms with Crippen LogP contribution in [0.5, 0.6) is 5.88 Å². The third kappa shape index (κ3) is 3.24. The number of fused-ring (bicyclic) bond motifs is 2. The molecule has 1 aliphatic heterocycles. The van der Waals surface area contributed by atoms with Gasteiger partial charge in [-0.15, -0.1) is 0 Å². The molecule has 2 N–H and O–H groups in total. The number of aromatic nitrogens is 3. The second-order valence-electron chi connectivity index (χ2n) is 7.72. The molecule has 0 unspecified atom stereocenters. The number of hydrogen-bond acceptors (Lipinski definition) is 4. The Morgan fingerprint density at radius 3 is 2.68 bits per heavy atom. The number of halogens is 1. The second-order valence-corrected chi connectivity index (χ2v) is 7.72. The van der Waals surface area contributed by atoms with Gasteiger partial charge in [0, 0.05) is 41.9 Å². The summed E-state index contributed by atoms with van der Waals surface area (Å²) in [5.74, 6) is -0.365. The Morgan fingerprint density at radius 2 is 1.90 bits per heavy atom. The molecule has 7 nitrogen and oxygen atoms in total. The number of aromatic amines is 2. The van der Waals surface area contributed by atoms with E-state index in [0.29, 0.717) is 35.3 Å². The van der Waals surface area contributed by atoms with Gasteiger partial charge in [0.25, 0.3) is 11.5 Å². The van der Waals surface area contributed by atoms with Crippen molar-refractivity contribution < 1.29 is 13.9 Å². The number of rotatable bonds is 3. The molecule has 0 atom stereocenters. The molecule has 158 valence electrons. The molecule has 1 aromatic carbocycles. The molecule has 1 amide bonds. The smallest absolute Gasteiger partial charge is 0.257 e. The minimum Gasteiger partial charge on any atom is -0.481 e. The van der Waals surface area contributed by atoms with Crippen molar-refractivity contribution in [2.24, 2.45) is 0 Å². The molecule has 31 heavy (non-hydrogen) atoms. The normalized spacial score (nSPS) is 14.3. The van der Waals surface area contributed by atoms with Crippen molar-refractivity contribution in [3.8, 4) is 17.0 Å². The molecule has 5 rings (SSSR count). The van der Waals surface area contributed by atoms with Gasteiger partial charge in [-0.3, -0.25) is 9.59 Å². The second kappa shape index (κ2) is 7.54. The fourth-order valence-electron chi connectivity index (χ4n) is 4.29. The molecule has 4 aromatic rings. The molecule has 0 spiro atoms. The van der Waals surface area contributed by atoms with Crippen molar-refractivity contribution in [1.29, 1.82) is 0 Å². The van der Waals surface area contributed by atoms with Crippen LogP contribution in [0.15, 0.2) is 41.5 Å². The van der Waals surface area contributed by atoms with Crippen LogP contribution in [-0.2, 0) is 0 Å². The maximum atomic E-state index is 14.3. The highest BCUT2D eigenvalue weighted by Gasteiger charge is 2.24. The monoisotopic (exact) mass is 420 g/mol. The lowest BCUT2D eigenvalue weighted by molar-refractivity contribution is 0.0725. The quantitative estimate of drug-likeness (QED) is 0.527. The van der Waals surface area contributed by atoms with E-state index in [0.717, 1.165) is 24.6 Å². The first-order chi connectivity index (χ1) is 15.1. The van der Waals surface area contributed by atoms with E-state index in [9.17, 15) is 14.0 Å². The summed E-state index contributed by atoms with van der Waals surface area (Å²) in [6.07, 6.45) is 6.16. The largest absolute Gasteiger partial charge is 0.481 e. The molecule has 1 fully saturated rings. The minimum atomic E-state index is -0.421. The number of carbonyl (C=O) groups excluding carboxylic acids is 1. The fraction of sp³-hybridized carbons (Fsp3) is 0.261. The predicted molar refractivity (Wildman–Crippen MR) is 116 cm³/mol. The zero-order valence-corrected chi connectivity index (χ0v) is 17.0. The highest BCUT2D eigenvalue weighted by Crippen LogP contribution is 2.36. The van der Waals surface area contributed by atoms with Gasteiger partial charge in [0.2, 0.25) is 5.88 Å². The van der Waals surface area contributed by atoms with Gasteiger partial charge in [-0.1, -0.05) is 0 Å². The van der Waals surface area contributed by atoms with Crippen LogP contribution in [0.3, 0.4) is 0 Å². The Kier molecular flexibility index (Phi) is 4.69. The summed E-state index contributed by atoms with van der Waals surface area (Å²) >= 11 is 0. The van der Waals surface area contributed by atoms with E-state index >= 15 is 0 Å². The molecule has 1 saturated heterocycles. The number of piperidine rings is 1. The van der Waals surface area contributed by atoms with E-state index in [1.807, 2.05) is 6.07 Å². The van der Waals surface area contributed by atoms with Gasteiger partial charge in [-0.25, -0.2) is 9.37 Å². The van der Waals surface area contributed by atoms with Gasteiger partial charge < -0.3 is 19.6 Å². The number of methoxy groups -OCH3 is 1. The number of carbonyl (C=O) groups is 1. The fourth-order valence-corrected chi connectivity index (χ4v) is 4.29. The molecule has 4 heterocycles. The number of H-pyrrole nitrogens is 2. The lowest BCUT2D eigenvalue weighted by Crippen LogP contribution is -2.36. The van der Waals surface area contributed by atoms with E-state index < -0.39 is 5.82 Å². The van der Waals surface area contributed by atoms with E-state index in [-0.39, 0.29) is 28.2 Å². The number of nitrogens with zero attached hydrogens (tertiary/aromatic N) is 2. The summed E-state index contributed by atoms with van der Waals surface area (Å²) in [6, 6.07) is 6.24. The Hall–Kier alpha value is -3.68. The van der Waals surface area contributed by atoms with Crippen molar-refractivity contribution in [3.05, 3.63) is 58.4 Å². The van der Waals surface area contributed by atoms with E-state index in [1.165, 1.54) is 25.4 Å². The van der Waals surface area contributed by atoms with Crippen LogP contribution in [0, 0.1) is 5.82 Å². The van der Waals surface area contributed by atoms with Gasteiger partial charge in [0.15, 0.2) is 0 Å². The Balaban J connectivity index is 1.74. The number of hydrogen-bond donors (Lipinski definition) is 2. The van der Waals surface area contributed by atoms with Crippen LogP contribution in [0.2, 0.25) is 0 Å². The zero-order valence-electron chi connectivity index (χ0n) is 17.0. The zero-order chi connectivity index (χ0) is 21.5. The number of amides is 1. The summed E-state index contributed by atoms with van der Waals surface area (Å²) in [7, 11) is 1.46. The first-order valence-corrected chi connectivity index (χ1v) is 10.2. The third-order valence-electron chi connectivity index (χ3n) is 5.83. The van der Waals surface area contributed by atoms with E-state index in [1.54, 1.807) is 17.2 Å². The van der Waals surface area contributed by atoms with Crippen LogP contribution in [0.4, 0.5) is 4.39 Å². The minimum absolute atomic E-state index is 0.165. The Morgan fingerprint density at radius 1 is 1.10 bits per heavy atom. The van der Waals surface area contributed by atoms with E-state index in [2.05, 4.69) is 15.0 Å². The van der Waals surface area contributed by atoms with Crippen LogP contribution in [-0.4, -0.2) is 46.0 Å². The van der Waals surface area contributed by atoms with Crippen molar-refractivity contribution in [2.75, 3.05) is 20.2 Å². The van der Waals surface area contributed by atoms with Crippen LogP contribution < -0.4 is 10.3 Å². The van der Waals surface area contributed by atoms with Crippen molar-refractivity contribution in [2.45, 2.75) is 19.3 Å². The van der Waals surface area contributed by atoms with Gasteiger partial charge in [0.05, 0.1) is 23.6 Å². The number of ether oxygens (including phenoxy) is 1. The molecule has 0 radical (unpaired) electrons. The summed E-state index contributed by atoms with van der Waals surface area (Å²) in [6.45, 7) is 1.37. The average Bonchev–Trinajstić information content (AvgIpc) is 3.26. The Bertz CT molecular complexity index is 1370. The highest BCUT2D eigenvalue weighted by atomic mass is 19.1. The van der Waals surface area contributed by atoms with Gasteiger partial charge in [-0.05, 0) is 49.1 Å². The summed E-state index contributed by atoms with van der Waals surface area (Å²) in [4.78, 5) is 37.8. The topological polar surface area (TPSA) is 91.1 Å². The van der Waals surface area contributed by atoms with Crippen LogP contribution in [0.1, 0.15) is 29.6 Å². The highest BCUT2D eigenvalue weighted by molar-refractivity contribution is 6.06. The summed E-state index contributed by atoms with van der Waals surface area (Å²) in [5, 5.41) is 1.03. The molecule has 0 saturated carbocycles. The first kappa shape index (κ1) is 19.3. The summed E-state index contributed by atoms with van der Waals surface area (Å²) < 4.78 is 19.8. The SMILES string of the molecule is COc1nc2c(C(=O)N3CCCCC3)c[nH]c(=O)c2cc1-c1cc(F)cc2[nH]ccc12. The maximum absolute atomic E-state index is 14.3. The summed E-state index contributed by atoms with van der Waals surface area (Å²) in [5.41, 5.74) is 1.89. The predicted octanol–water partition coefficient (Wildman–Crippen LogP) is 3.85. The van der Waals surface area contributed by atoms with Gasteiger partial charge in [0.1, 0.15) is 5.82 Å². The van der Waals surface area contributed by atoms with Crippen molar-refractivity contribution in [1.82, 2.24) is 19.9 Å². The van der Waals surface area contributed by atoms with Crippen molar-refractivity contribution in [3.63, 3.8) is 0 Å². The molecule has 0 aliphatic carbocycles. The number of benzene rings is 1. The molecule has 0 bridgehead atoms. The number of pyridine rings is 2. The maximum Gasteiger partial charge on any atom is 0.257 e. The lowest BCUT2D eigenvalue weighted by atomic mass is 10.00. The van der Waals surface area contributed by atoms with Crippen LogP contribution >= 0.6 is 0 Å². The Labute approximate surface area is 176 Å². The molecule has 1 aliphatic rings. The lowest BCUT2D eigenvalue weighted by Gasteiger charge is -2.27. The van der Waals surface area contributed by atoms with Gasteiger partial charge in [-0.2, -0.15) is 0 Å². The average molecular weight is 420 g/mol. The first-order valence-electron chi connectivity index (χ1n) is 10.2. The van der Waals surface area contributed by atoms with E-state index in [4.69, 9.17) is 4.74 Å². The molecular formula is C23H21FN4O3. The number of nitrogens with one attached hydrogen (secondary N) is 2. The standard InChI is InChI=1S/C23H21FN4O3/c1-31-22-16(15-9-13(24)10-19-14(15)5-6-25-19)11-17-20(27-22)18(12-26-21(17)29)23(30)28-7-3-2-4-8-28/h5-6,9-12,25H,2-4,7-8H2,1H3,(H,26,29). The molecule has 8 heteroatoms. The van der Waals surface area contributed by atoms with Crippen LogP contribution in [0.25, 0.3) is 32.9 Å².